The number of carbonyl (C=O) groups excluding carboxylic acids is 2. The molecule has 2 amide bonds. The molecule has 0 aromatic heterocycles. The number of benzene rings is 2. The fourth-order valence-electron chi connectivity index (χ4n) is 2.94. The Labute approximate surface area is 169 Å². The molecule has 3 rings (SSSR count). The average molecular weight is 403 g/mol. The molecule has 1 heterocycles. The van der Waals surface area contributed by atoms with Gasteiger partial charge in [-0.05, 0) is 43.2 Å². The van der Waals surface area contributed by atoms with Crippen molar-refractivity contribution >= 4 is 29.1 Å². The second kappa shape index (κ2) is 9.57. The van der Waals surface area contributed by atoms with Crippen LogP contribution in [-0.4, -0.2) is 49.6 Å². The van der Waals surface area contributed by atoms with E-state index in [1.54, 1.807) is 55.6 Å². The molecule has 2 aromatic rings. The molecule has 28 heavy (non-hydrogen) atoms. The minimum atomic E-state index is -0.324. The number of likely N-dealkylation sites (N-methyl/N-ethyl adjacent to an activating group) is 1. The number of halogens is 1. The highest BCUT2D eigenvalue weighted by Crippen LogP contribution is 2.21. The molecule has 0 spiro atoms. The van der Waals surface area contributed by atoms with Crippen LogP contribution >= 0.6 is 11.6 Å². The number of amides is 2. The van der Waals surface area contributed by atoms with Gasteiger partial charge < -0.3 is 19.7 Å². The van der Waals surface area contributed by atoms with Gasteiger partial charge in [-0.2, -0.15) is 0 Å². The van der Waals surface area contributed by atoms with E-state index in [0.29, 0.717) is 28.6 Å². The maximum absolute atomic E-state index is 12.7. The van der Waals surface area contributed by atoms with Gasteiger partial charge in [0, 0.05) is 19.2 Å². The third-order valence-electron chi connectivity index (χ3n) is 4.42. The minimum Gasteiger partial charge on any atom is -0.491 e. The molecule has 0 saturated carbocycles. The lowest BCUT2D eigenvalue weighted by molar-refractivity contribution is -0.116. The topological polar surface area (TPSA) is 67.9 Å². The Bertz CT molecular complexity index is 837. The highest BCUT2D eigenvalue weighted by Gasteiger charge is 2.18. The maximum Gasteiger partial charge on any atom is 0.254 e. The number of nitrogens with zero attached hydrogens (tertiary/aromatic N) is 1. The number of carbonyl (C=O) groups is 2. The predicted octanol–water partition coefficient (Wildman–Crippen LogP) is 3.61. The third kappa shape index (κ3) is 5.47. The summed E-state index contributed by atoms with van der Waals surface area (Å²) in [5.41, 5.74) is 0.970. The van der Waals surface area contributed by atoms with Crippen LogP contribution in [0.15, 0.2) is 48.5 Å². The van der Waals surface area contributed by atoms with Crippen LogP contribution in [0.1, 0.15) is 23.2 Å². The summed E-state index contributed by atoms with van der Waals surface area (Å²) < 4.78 is 11.3. The number of ether oxygens (including phenoxy) is 2. The molecule has 1 fully saturated rings. The molecule has 6 nitrogen and oxygen atoms in total. The summed E-state index contributed by atoms with van der Waals surface area (Å²) in [4.78, 5) is 26.2. The van der Waals surface area contributed by atoms with Crippen LogP contribution in [0.25, 0.3) is 0 Å². The first-order valence-electron chi connectivity index (χ1n) is 9.17. The largest absolute Gasteiger partial charge is 0.491 e. The van der Waals surface area contributed by atoms with Crippen LogP contribution in [0.2, 0.25) is 5.02 Å². The van der Waals surface area contributed by atoms with Gasteiger partial charge in [0.1, 0.15) is 12.4 Å². The second-order valence-corrected chi connectivity index (χ2v) is 7.07. The lowest BCUT2D eigenvalue weighted by Crippen LogP contribution is -2.35. The van der Waals surface area contributed by atoms with Crippen molar-refractivity contribution in [1.82, 2.24) is 4.90 Å². The van der Waals surface area contributed by atoms with Crippen LogP contribution in [0.5, 0.6) is 5.75 Å². The normalized spacial score (nSPS) is 15.9. The van der Waals surface area contributed by atoms with Crippen molar-refractivity contribution in [2.24, 2.45) is 0 Å². The molecule has 1 unspecified atom stereocenters. The summed E-state index contributed by atoms with van der Waals surface area (Å²) in [7, 11) is 1.58. The van der Waals surface area contributed by atoms with Crippen molar-refractivity contribution in [3.8, 4) is 5.75 Å². The summed E-state index contributed by atoms with van der Waals surface area (Å²) in [6, 6.07) is 13.9. The van der Waals surface area contributed by atoms with Crippen LogP contribution in [0.3, 0.4) is 0 Å². The zero-order chi connectivity index (χ0) is 19.9. The van der Waals surface area contributed by atoms with Crippen molar-refractivity contribution in [2.45, 2.75) is 18.9 Å². The third-order valence-corrected chi connectivity index (χ3v) is 4.75. The van der Waals surface area contributed by atoms with E-state index >= 15 is 0 Å². The van der Waals surface area contributed by atoms with Crippen molar-refractivity contribution in [1.29, 1.82) is 0 Å². The molecule has 1 atom stereocenters. The summed E-state index contributed by atoms with van der Waals surface area (Å²) in [5, 5.41) is 3.15. The monoisotopic (exact) mass is 402 g/mol. The molecule has 2 aromatic carbocycles. The lowest BCUT2D eigenvalue weighted by Gasteiger charge is -2.18. The summed E-state index contributed by atoms with van der Waals surface area (Å²) in [5.74, 6) is 0.0156. The molecule has 0 aliphatic carbocycles. The van der Waals surface area contributed by atoms with E-state index in [2.05, 4.69) is 5.32 Å². The van der Waals surface area contributed by atoms with Gasteiger partial charge in [0.25, 0.3) is 5.91 Å². The van der Waals surface area contributed by atoms with Gasteiger partial charge in [0.05, 0.1) is 23.4 Å². The van der Waals surface area contributed by atoms with E-state index in [9.17, 15) is 9.59 Å². The van der Waals surface area contributed by atoms with E-state index in [4.69, 9.17) is 21.1 Å². The van der Waals surface area contributed by atoms with E-state index in [1.807, 2.05) is 0 Å². The van der Waals surface area contributed by atoms with Gasteiger partial charge in [-0.15, -0.1) is 0 Å². The van der Waals surface area contributed by atoms with E-state index < -0.39 is 0 Å². The SMILES string of the molecule is CN(CC(=O)Nc1ccccc1Cl)C(=O)c1cccc(OCC2CCCO2)c1. The molecule has 1 saturated heterocycles. The van der Waals surface area contributed by atoms with Crippen LogP contribution in [0.4, 0.5) is 5.69 Å². The van der Waals surface area contributed by atoms with Crippen LogP contribution in [0, 0.1) is 0 Å². The number of hydrogen-bond donors (Lipinski definition) is 1. The van der Waals surface area contributed by atoms with Crippen molar-refractivity contribution in [2.75, 3.05) is 32.1 Å². The first-order chi connectivity index (χ1) is 13.5. The second-order valence-electron chi connectivity index (χ2n) is 6.66. The Balaban J connectivity index is 1.55. The standard InChI is InChI=1S/C21H23ClN2O4/c1-24(13-20(25)23-19-10-3-2-9-18(19)22)21(26)15-6-4-7-16(12-15)28-14-17-8-5-11-27-17/h2-4,6-7,9-10,12,17H,5,8,11,13-14H2,1H3,(H,23,25). The van der Waals surface area contributed by atoms with Crippen molar-refractivity contribution in [3.05, 3.63) is 59.1 Å². The lowest BCUT2D eigenvalue weighted by atomic mass is 10.2. The van der Waals surface area contributed by atoms with E-state index in [0.717, 1.165) is 19.4 Å². The molecule has 1 N–H and O–H groups in total. The molecular weight excluding hydrogens is 380 g/mol. The van der Waals surface area contributed by atoms with Crippen molar-refractivity contribution in [3.63, 3.8) is 0 Å². The Morgan fingerprint density at radius 3 is 2.82 bits per heavy atom. The number of rotatable bonds is 7. The fourth-order valence-corrected chi connectivity index (χ4v) is 3.13. The van der Waals surface area contributed by atoms with Gasteiger partial charge in [-0.3, -0.25) is 9.59 Å². The highest BCUT2D eigenvalue weighted by molar-refractivity contribution is 6.33. The molecular formula is C21H23ClN2O4. The molecule has 148 valence electrons. The van der Waals surface area contributed by atoms with Crippen LogP contribution < -0.4 is 10.1 Å². The molecule has 1 aliphatic heterocycles. The number of para-hydroxylation sites is 1. The summed E-state index contributed by atoms with van der Waals surface area (Å²) in [6.45, 7) is 1.15. The molecule has 0 radical (unpaired) electrons. The van der Waals surface area contributed by atoms with E-state index in [1.165, 1.54) is 4.90 Å². The zero-order valence-electron chi connectivity index (χ0n) is 15.7. The van der Waals surface area contributed by atoms with Gasteiger partial charge in [-0.1, -0.05) is 29.8 Å². The summed E-state index contributed by atoms with van der Waals surface area (Å²) in [6.07, 6.45) is 2.14. The first-order valence-corrected chi connectivity index (χ1v) is 9.55. The molecule has 0 bridgehead atoms. The van der Waals surface area contributed by atoms with Crippen molar-refractivity contribution < 1.29 is 19.1 Å². The summed E-state index contributed by atoms with van der Waals surface area (Å²) >= 11 is 6.04. The predicted molar refractivity (Wildman–Crippen MR) is 108 cm³/mol. The van der Waals surface area contributed by atoms with E-state index in [-0.39, 0.29) is 24.5 Å². The van der Waals surface area contributed by atoms with Gasteiger partial charge in [0.15, 0.2) is 0 Å². The number of hydrogen-bond acceptors (Lipinski definition) is 4. The minimum absolute atomic E-state index is 0.0922. The number of nitrogens with one attached hydrogen (secondary N) is 1. The highest BCUT2D eigenvalue weighted by atomic mass is 35.5. The van der Waals surface area contributed by atoms with Gasteiger partial charge in [0.2, 0.25) is 5.91 Å². The molecule has 1 aliphatic rings. The Morgan fingerprint density at radius 2 is 2.07 bits per heavy atom. The molecule has 7 heteroatoms. The first kappa shape index (κ1) is 20.2. The Hall–Kier alpha value is -2.57. The Morgan fingerprint density at radius 1 is 1.25 bits per heavy atom. The van der Waals surface area contributed by atoms with Gasteiger partial charge >= 0.3 is 0 Å². The van der Waals surface area contributed by atoms with Gasteiger partial charge in [-0.25, -0.2) is 0 Å². The maximum atomic E-state index is 12.7. The average Bonchev–Trinajstić information content (AvgIpc) is 3.21. The fraction of sp³-hybridized carbons (Fsp3) is 0.333. The Kier molecular flexibility index (Phi) is 6.90. The van der Waals surface area contributed by atoms with Crippen LogP contribution in [-0.2, 0) is 9.53 Å². The quantitative estimate of drug-likeness (QED) is 0.768. The number of anilines is 1. The smallest absolute Gasteiger partial charge is 0.254 e. The zero-order valence-corrected chi connectivity index (χ0v) is 16.4.